The van der Waals surface area contributed by atoms with Crippen molar-refractivity contribution in [2.24, 2.45) is 0 Å². The zero-order chi connectivity index (χ0) is 14.3. The molecule has 0 aliphatic rings. The van der Waals surface area contributed by atoms with Gasteiger partial charge in [0.2, 0.25) is 5.16 Å². The molecule has 0 saturated heterocycles. The van der Waals surface area contributed by atoms with Gasteiger partial charge in [-0.05, 0) is 22.6 Å². The van der Waals surface area contributed by atoms with Crippen LogP contribution < -0.4 is 0 Å². The molecule has 2 N–H and O–H groups in total. The number of para-hydroxylation sites is 1. The molecule has 10 heteroatoms. The van der Waals surface area contributed by atoms with Gasteiger partial charge in [-0.25, -0.2) is 4.79 Å². The van der Waals surface area contributed by atoms with Gasteiger partial charge in [-0.1, -0.05) is 30.8 Å². The highest BCUT2D eigenvalue weighted by Crippen LogP contribution is 2.20. The molecular weight excluding hydrogens is 292 g/mol. The molecule has 1 aromatic heterocycles. The Hall–Kier alpha value is -2.07. The number of hydrogen-bond donors (Lipinski definition) is 3. The fourth-order valence-corrected chi connectivity index (χ4v) is 1.76. The van der Waals surface area contributed by atoms with E-state index in [1.807, 2.05) is 30.3 Å². The van der Waals surface area contributed by atoms with Crippen molar-refractivity contribution in [3.63, 3.8) is 0 Å². The molecule has 8 nitrogen and oxygen atoms in total. The topological polar surface area (TPSA) is 118 Å². The average Bonchev–Trinajstić information content (AvgIpc) is 2.76. The van der Waals surface area contributed by atoms with Gasteiger partial charge in [0.15, 0.2) is 0 Å². The number of nitrogens with zero attached hydrogens (tertiary/aromatic N) is 4. The molecular formula is C9H8N4O4S2. The molecule has 0 bridgehead atoms. The highest BCUT2D eigenvalue weighted by Gasteiger charge is 2.10. The number of thiol groups is 1. The molecule has 100 valence electrons. The van der Waals surface area contributed by atoms with Crippen LogP contribution in [-0.4, -0.2) is 41.0 Å². The van der Waals surface area contributed by atoms with Crippen LogP contribution in [0.2, 0.25) is 0 Å². The van der Waals surface area contributed by atoms with E-state index in [2.05, 4.69) is 28.2 Å². The van der Waals surface area contributed by atoms with Gasteiger partial charge in [0.05, 0.1) is 5.69 Å². The van der Waals surface area contributed by atoms with Crippen LogP contribution in [0, 0.1) is 0 Å². The summed E-state index contributed by atoms with van der Waals surface area (Å²) in [6, 6.07) is 9.33. The Kier molecular flexibility index (Phi) is 5.82. The van der Waals surface area contributed by atoms with Gasteiger partial charge in [-0.3, -0.25) is 4.79 Å². The zero-order valence-electron chi connectivity index (χ0n) is 9.24. The minimum atomic E-state index is -1.83. The van der Waals surface area contributed by atoms with Crippen LogP contribution in [0.25, 0.3) is 5.69 Å². The molecule has 0 unspecified atom stereocenters. The van der Waals surface area contributed by atoms with E-state index < -0.39 is 6.16 Å². The van der Waals surface area contributed by atoms with E-state index >= 15 is 0 Å². The summed E-state index contributed by atoms with van der Waals surface area (Å²) < 4.78 is 1.14. The third-order valence-corrected chi connectivity index (χ3v) is 2.51. The Bertz CT molecular complexity index is 556. The number of tetrazole rings is 1. The summed E-state index contributed by atoms with van der Waals surface area (Å²) in [6.07, 6.45) is -1.83. The Labute approximate surface area is 116 Å². The monoisotopic (exact) mass is 300 g/mol. The number of carbonyl (C=O) groups is 2. The molecule has 0 amide bonds. The van der Waals surface area contributed by atoms with Crippen molar-refractivity contribution >= 4 is 35.0 Å². The second-order valence-electron chi connectivity index (χ2n) is 2.86. The van der Waals surface area contributed by atoms with Crippen LogP contribution >= 0.6 is 24.4 Å². The minimum Gasteiger partial charge on any atom is -0.450 e. The first-order valence-corrected chi connectivity index (χ1v) is 5.93. The first kappa shape index (κ1) is 15.0. The van der Waals surface area contributed by atoms with Gasteiger partial charge in [0.25, 0.3) is 4.45 Å². The fraction of sp³-hybridized carbons (Fsp3) is 0. The molecule has 0 spiro atoms. The maximum Gasteiger partial charge on any atom is 0.503 e. The molecule has 2 aromatic rings. The number of thioether (sulfide) groups is 1. The Morgan fingerprint density at radius 2 is 1.79 bits per heavy atom. The van der Waals surface area contributed by atoms with Crippen molar-refractivity contribution in [1.29, 1.82) is 0 Å². The molecule has 0 aliphatic heterocycles. The van der Waals surface area contributed by atoms with Crippen LogP contribution in [0.4, 0.5) is 9.59 Å². The Morgan fingerprint density at radius 3 is 2.32 bits per heavy atom. The summed E-state index contributed by atoms with van der Waals surface area (Å²) in [5.74, 6) is 0. The van der Waals surface area contributed by atoms with Crippen molar-refractivity contribution < 1.29 is 19.8 Å². The summed E-state index contributed by atoms with van der Waals surface area (Å²) in [4.78, 5) is 19.4. The Morgan fingerprint density at radius 1 is 1.21 bits per heavy atom. The summed E-state index contributed by atoms with van der Waals surface area (Å²) in [5, 5.41) is 25.4. The van der Waals surface area contributed by atoms with Crippen molar-refractivity contribution in [3.05, 3.63) is 30.3 Å². The van der Waals surface area contributed by atoms with Gasteiger partial charge in [-0.2, -0.15) is 4.68 Å². The molecule has 0 radical (unpaired) electrons. The van der Waals surface area contributed by atoms with E-state index in [-0.39, 0.29) is 4.45 Å². The van der Waals surface area contributed by atoms with Crippen LogP contribution in [-0.2, 0) is 0 Å². The van der Waals surface area contributed by atoms with Gasteiger partial charge in [-0.15, -0.1) is 5.10 Å². The predicted molar refractivity (Wildman–Crippen MR) is 70.0 cm³/mol. The lowest BCUT2D eigenvalue weighted by molar-refractivity contribution is 0.137. The predicted octanol–water partition coefficient (Wildman–Crippen LogP) is 2.03. The van der Waals surface area contributed by atoms with Crippen LogP contribution in [0.5, 0.6) is 0 Å². The van der Waals surface area contributed by atoms with E-state index in [1.54, 1.807) is 0 Å². The molecule has 0 aliphatic carbocycles. The first-order valence-electron chi connectivity index (χ1n) is 4.67. The number of benzene rings is 1. The Balaban J connectivity index is 0.000000399. The minimum absolute atomic E-state index is 0.345. The average molecular weight is 300 g/mol. The molecule has 0 atom stereocenters. The summed E-state index contributed by atoms with van der Waals surface area (Å²) in [5.41, 5.74) is 0.805. The van der Waals surface area contributed by atoms with Crippen molar-refractivity contribution in [1.82, 2.24) is 20.2 Å². The summed E-state index contributed by atoms with van der Waals surface area (Å²) >= 11 is 4.54. The molecule has 2 rings (SSSR count). The second-order valence-corrected chi connectivity index (χ2v) is 4.51. The largest absolute Gasteiger partial charge is 0.503 e. The fourth-order valence-electron chi connectivity index (χ4n) is 1.05. The van der Waals surface area contributed by atoms with Crippen LogP contribution in [0.15, 0.2) is 35.5 Å². The molecule has 0 fully saturated rings. The third-order valence-electron chi connectivity index (χ3n) is 1.62. The second kappa shape index (κ2) is 7.38. The normalized spacial score (nSPS) is 9.32. The van der Waals surface area contributed by atoms with E-state index in [1.165, 1.54) is 4.68 Å². The standard InChI is InChI=1S/C8H6N4OS2.CH2O3/c13-8(14)15-7-9-10-11-12(7)6-4-2-1-3-5-6;2-1(3)4/h1-5H,(H,13,14);(H2,2,3,4). The maximum atomic E-state index is 10.8. The van der Waals surface area contributed by atoms with Crippen molar-refractivity contribution in [2.75, 3.05) is 0 Å². The SMILES string of the molecule is O=C(O)O.O=C(S)Sc1nnnn1-c1ccccc1. The molecule has 0 saturated carbocycles. The van der Waals surface area contributed by atoms with E-state index in [4.69, 9.17) is 15.0 Å². The van der Waals surface area contributed by atoms with Gasteiger partial charge in [0.1, 0.15) is 0 Å². The van der Waals surface area contributed by atoms with E-state index in [9.17, 15) is 4.79 Å². The quantitative estimate of drug-likeness (QED) is 0.569. The highest BCUT2D eigenvalue weighted by atomic mass is 32.2. The maximum absolute atomic E-state index is 10.8. The van der Waals surface area contributed by atoms with Gasteiger partial charge < -0.3 is 10.2 Å². The molecule has 19 heavy (non-hydrogen) atoms. The summed E-state index contributed by atoms with van der Waals surface area (Å²) in [7, 11) is 0. The number of hydrogen-bond acceptors (Lipinski definition) is 6. The number of carbonyl (C=O) groups excluding carboxylic acids is 1. The first-order chi connectivity index (χ1) is 9.00. The lowest BCUT2D eigenvalue weighted by atomic mass is 10.3. The van der Waals surface area contributed by atoms with Crippen molar-refractivity contribution in [2.45, 2.75) is 5.16 Å². The summed E-state index contributed by atoms with van der Waals surface area (Å²) in [6.45, 7) is 0. The van der Waals surface area contributed by atoms with E-state index in [0.29, 0.717) is 5.16 Å². The van der Waals surface area contributed by atoms with Crippen LogP contribution in [0.3, 0.4) is 0 Å². The smallest absolute Gasteiger partial charge is 0.450 e. The number of aromatic nitrogens is 4. The third kappa shape index (κ3) is 5.40. The molecule has 1 aromatic carbocycles. The van der Waals surface area contributed by atoms with E-state index in [0.717, 1.165) is 17.4 Å². The van der Waals surface area contributed by atoms with Crippen LogP contribution in [0.1, 0.15) is 0 Å². The van der Waals surface area contributed by atoms with Gasteiger partial charge in [0, 0.05) is 11.8 Å². The highest BCUT2D eigenvalue weighted by molar-refractivity contribution is 8.31. The van der Waals surface area contributed by atoms with Gasteiger partial charge >= 0.3 is 6.16 Å². The van der Waals surface area contributed by atoms with Crippen molar-refractivity contribution in [3.8, 4) is 5.69 Å². The number of rotatable bonds is 2. The zero-order valence-corrected chi connectivity index (χ0v) is 11.0. The lowest BCUT2D eigenvalue weighted by Crippen LogP contribution is -1.98. The number of carboxylic acid groups (broad SMARTS) is 2. The molecule has 1 heterocycles. The lowest BCUT2D eigenvalue weighted by Gasteiger charge is -2.00.